The average Bonchev–Trinajstić information content (AvgIpc) is 3.47. The third-order valence-electron chi connectivity index (χ3n) is 6.33. The number of methoxy groups -OCH3 is 1. The molecule has 1 aromatic heterocycles. The van der Waals surface area contributed by atoms with Crippen molar-refractivity contribution >= 4 is 46.5 Å². The number of ether oxygens (including phenoxy) is 2. The van der Waals surface area contributed by atoms with Gasteiger partial charge in [0.25, 0.3) is 0 Å². The molecule has 1 saturated heterocycles. The van der Waals surface area contributed by atoms with Crippen molar-refractivity contribution in [1.82, 2.24) is 4.90 Å². The lowest BCUT2D eigenvalue weighted by molar-refractivity contribution is -0.117. The Labute approximate surface area is 225 Å². The van der Waals surface area contributed by atoms with Crippen LogP contribution in [-0.2, 0) is 16.1 Å². The smallest absolute Gasteiger partial charge is 0.411 e. The van der Waals surface area contributed by atoms with Gasteiger partial charge in [-0.3, -0.25) is 10.1 Å². The van der Waals surface area contributed by atoms with E-state index in [0.29, 0.717) is 36.4 Å². The maximum absolute atomic E-state index is 12.6. The zero-order valence-corrected chi connectivity index (χ0v) is 22.1. The van der Waals surface area contributed by atoms with Crippen LogP contribution in [0.4, 0.5) is 16.2 Å². The molecule has 37 heavy (non-hydrogen) atoms. The van der Waals surface area contributed by atoms with Gasteiger partial charge < -0.3 is 19.5 Å². The Bertz CT molecular complexity index is 1200. The molecule has 0 aliphatic carbocycles. The second-order valence-electron chi connectivity index (χ2n) is 8.71. The van der Waals surface area contributed by atoms with Gasteiger partial charge in [0.05, 0.1) is 25.1 Å². The lowest BCUT2D eigenvalue weighted by atomic mass is 10.1. The van der Waals surface area contributed by atoms with Crippen molar-refractivity contribution < 1.29 is 24.2 Å². The number of amides is 2. The summed E-state index contributed by atoms with van der Waals surface area (Å²) in [5.41, 5.74) is 3.83. The SMILES string of the molecule is COc1cc(N(Cl)C(=O)CCN2CCC(OC(=O)Nc3ccccc3-c3ccsc3)CC2)ccc1CO. The zero-order chi connectivity index (χ0) is 26.2. The molecule has 0 saturated carbocycles. The summed E-state index contributed by atoms with van der Waals surface area (Å²) in [6.07, 6.45) is 0.994. The average molecular weight is 544 g/mol. The standard InChI is InChI=1S/C27H30ClN3O5S/c1-35-25-16-21(7-6-19(25)17-32)31(28)26(33)10-14-30-12-8-22(9-13-30)36-27(34)29-24-5-3-2-4-23(24)20-11-15-37-18-20/h2-7,11,15-16,18,22,32H,8-10,12-14,17H2,1H3,(H,29,34). The van der Waals surface area contributed by atoms with Crippen LogP contribution < -0.4 is 14.5 Å². The quantitative estimate of drug-likeness (QED) is 0.346. The molecule has 196 valence electrons. The van der Waals surface area contributed by atoms with E-state index in [9.17, 15) is 14.7 Å². The van der Waals surface area contributed by atoms with E-state index in [-0.39, 0.29) is 25.0 Å². The van der Waals surface area contributed by atoms with E-state index in [1.807, 2.05) is 41.1 Å². The largest absolute Gasteiger partial charge is 0.496 e. The van der Waals surface area contributed by atoms with E-state index in [4.69, 9.17) is 21.3 Å². The van der Waals surface area contributed by atoms with Gasteiger partial charge in [-0.05, 0) is 47.4 Å². The highest BCUT2D eigenvalue weighted by atomic mass is 35.5. The van der Waals surface area contributed by atoms with E-state index < -0.39 is 6.09 Å². The summed E-state index contributed by atoms with van der Waals surface area (Å²) >= 11 is 7.88. The fraction of sp³-hybridized carbons (Fsp3) is 0.333. The van der Waals surface area contributed by atoms with Gasteiger partial charge in [-0.25, -0.2) is 9.21 Å². The second kappa shape index (κ2) is 12.9. The molecule has 4 rings (SSSR count). The third-order valence-corrected chi connectivity index (χ3v) is 7.40. The van der Waals surface area contributed by atoms with Crippen LogP contribution in [0, 0.1) is 0 Å². The molecule has 2 heterocycles. The molecule has 1 fully saturated rings. The van der Waals surface area contributed by atoms with Crippen LogP contribution in [0.1, 0.15) is 24.8 Å². The number of aliphatic hydroxyl groups excluding tert-OH is 1. The van der Waals surface area contributed by atoms with Crippen molar-refractivity contribution in [1.29, 1.82) is 0 Å². The Morgan fingerprint density at radius 3 is 2.68 bits per heavy atom. The van der Waals surface area contributed by atoms with Gasteiger partial charge in [-0.1, -0.05) is 24.3 Å². The van der Waals surface area contributed by atoms with Crippen molar-refractivity contribution in [2.75, 3.05) is 36.5 Å². The number of benzene rings is 2. The van der Waals surface area contributed by atoms with Crippen molar-refractivity contribution in [3.05, 3.63) is 64.9 Å². The van der Waals surface area contributed by atoms with Crippen molar-refractivity contribution in [2.45, 2.75) is 32.0 Å². The van der Waals surface area contributed by atoms with Crippen molar-refractivity contribution in [2.24, 2.45) is 0 Å². The minimum absolute atomic E-state index is 0.163. The second-order valence-corrected chi connectivity index (χ2v) is 9.83. The van der Waals surface area contributed by atoms with Gasteiger partial charge in [0.15, 0.2) is 0 Å². The summed E-state index contributed by atoms with van der Waals surface area (Å²) in [6.45, 7) is 1.83. The lowest BCUT2D eigenvalue weighted by Crippen LogP contribution is -2.40. The molecule has 1 aliphatic rings. The Hall–Kier alpha value is -3.11. The van der Waals surface area contributed by atoms with E-state index in [1.54, 1.807) is 29.5 Å². The summed E-state index contributed by atoms with van der Waals surface area (Å²) in [4.78, 5) is 27.4. The highest BCUT2D eigenvalue weighted by Gasteiger charge is 2.24. The van der Waals surface area contributed by atoms with Crippen LogP contribution in [0.3, 0.4) is 0 Å². The van der Waals surface area contributed by atoms with Crippen LogP contribution in [0.25, 0.3) is 11.1 Å². The maximum Gasteiger partial charge on any atom is 0.411 e. The summed E-state index contributed by atoms with van der Waals surface area (Å²) in [7, 11) is 1.50. The van der Waals surface area contributed by atoms with Crippen LogP contribution in [0.2, 0.25) is 0 Å². The topological polar surface area (TPSA) is 91.3 Å². The Balaban J connectivity index is 1.21. The van der Waals surface area contributed by atoms with Gasteiger partial charge in [-0.15, -0.1) is 0 Å². The van der Waals surface area contributed by atoms with Crippen molar-refractivity contribution in [3.63, 3.8) is 0 Å². The number of hydrogen-bond donors (Lipinski definition) is 2. The third kappa shape index (κ3) is 7.01. The Morgan fingerprint density at radius 2 is 1.97 bits per heavy atom. The van der Waals surface area contributed by atoms with Crippen LogP contribution >= 0.6 is 23.1 Å². The molecular formula is C27H30ClN3O5S. The molecule has 8 nitrogen and oxygen atoms in total. The number of carbonyl (C=O) groups is 2. The molecule has 0 spiro atoms. The zero-order valence-electron chi connectivity index (χ0n) is 20.6. The maximum atomic E-state index is 12.6. The minimum atomic E-state index is -0.461. The van der Waals surface area contributed by atoms with Gasteiger partial charge in [-0.2, -0.15) is 11.3 Å². The molecule has 3 aromatic rings. The van der Waals surface area contributed by atoms with E-state index >= 15 is 0 Å². The van der Waals surface area contributed by atoms with E-state index in [1.165, 1.54) is 7.11 Å². The van der Waals surface area contributed by atoms with E-state index in [2.05, 4.69) is 10.2 Å². The Kier molecular flexibility index (Phi) is 9.40. The van der Waals surface area contributed by atoms with Crippen LogP contribution in [0.15, 0.2) is 59.3 Å². The molecule has 2 N–H and O–H groups in total. The number of thiophene rings is 1. The summed E-state index contributed by atoms with van der Waals surface area (Å²) in [6, 6.07) is 14.7. The minimum Gasteiger partial charge on any atom is -0.496 e. The van der Waals surface area contributed by atoms with Crippen LogP contribution in [0.5, 0.6) is 5.75 Å². The number of hydrogen-bond acceptors (Lipinski definition) is 7. The van der Waals surface area contributed by atoms with Gasteiger partial charge in [0.1, 0.15) is 11.9 Å². The van der Waals surface area contributed by atoms with Crippen molar-refractivity contribution in [3.8, 4) is 16.9 Å². The molecule has 0 atom stereocenters. The lowest BCUT2D eigenvalue weighted by Gasteiger charge is -2.31. The summed E-state index contributed by atoms with van der Waals surface area (Å²) in [5, 5.41) is 16.3. The fourth-order valence-electron chi connectivity index (χ4n) is 4.28. The fourth-order valence-corrected chi connectivity index (χ4v) is 5.13. The first kappa shape index (κ1) is 26.9. The highest BCUT2D eigenvalue weighted by molar-refractivity contribution is 7.08. The first-order chi connectivity index (χ1) is 18.0. The van der Waals surface area contributed by atoms with E-state index in [0.717, 1.165) is 34.3 Å². The number of para-hydroxylation sites is 1. The van der Waals surface area contributed by atoms with Gasteiger partial charge >= 0.3 is 6.09 Å². The number of nitrogens with zero attached hydrogens (tertiary/aromatic N) is 2. The highest BCUT2D eigenvalue weighted by Crippen LogP contribution is 2.30. The number of aliphatic hydroxyl groups is 1. The first-order valence-electron chi connectivity index (χ1n) is 12.1. The monoisotopic (exact) mass is 543 g/mol. The van der Waals surface area contributed by atoms with Crippen LogP contribution in [-0.4, -0.2) is 54.9 Å². The normalized spacial score (nSPS) is 14.2. The summed E-state index contributed by atoms with van der Waals surface area (Å²) in [5.74, 6) is 0.238. The molecule has 0 unspecified atom stereocenters. The number of nitrogens with one attached hydrogen (secondary N) is 1. The predicted molar refractivity (Wildman–Crippen MR) is 146 cm³/mol. The number of halogens is 1. The molecule has 1 aliphatic heterocycles. The molecule has 10 heteroatoms. The predicted octanol–water partition coefficient (Wildman–Crippen LogP) is 5.51. The van der Waals surface area contributed by atoms with Gasteiger partial charge in [0, 0.05) is 55.0 Å². The van der Waals surface area contributed by atoms with Gasteiger partial charge in [0.2, 0.25) is 5.91 Å². The molecule has 2 amide bonds. The number of likely N-dealkylation sites (tertiary alicyclic amines) is 1. The molecule has 2 aromatic carbocycles. The number of anilines is 2. The summed E-state index contributed by atoms with van der Waals surface area (Å²) < 4.78 is 12.0. The number of piperidine rings is 1. The number of rotatable bonds is 9. The molecular weight excluding hydrogens is 514 g/mol. The first-order valence-corrected chi connectivity index (χ1v) is 13.3. The Morgan fingerprint density at radius 1 is 1.19 bits per heavy atom. The number of carbonyl (C=O) groups excluding carboxylic acids is 2. The molecule has 0 radical (unpaired) electrons. The molecule has 0 bridgehead atoms.